The highest BCUT2D eigenvalue weighted by molar-refractivity contribution is 5.80. The summed E-state index contributed by atoms with van der Waals surface area (Å²) in [4.78, 5) is 7.91. The van der Waals surface area contributed by atoms with E-state index in [1.54, 1.807) is 0 Å². The molecule has 0 aliphatic carbocycles. The van der Waals surface area contributed by atoms with Gasteiger partial charge in [0.05, 0.1) is 23.2 Å². The van der Waals surface area contributed by atoms with Crippen molar-refractivity contribution in [3.8, 4) is 17.1 Å². The second kappa shape index (κ2) is 4.53. The lowest BCUT2D eigenvalue weighted by atomic mass is 10.2. The van der Waals surface area contributed by atoms with Crippen molar-refractivity contribution in [2.75, 3.05) is 6.61 Å². The quantitative estimate of drug-likeness (QED) is 0.756. The lowest BCUT2D eigenvalue weighted by Crippen LogP contribution is -1.94. The van der Waals surface area contributed by atoms with Crippen LogP contribution in [0.4, 0.5) is 0 Å². The largest absolute Gasteiger partial charge is 0.493 e. The summed E-state index contributed by atoms with van der Waals surface area (Å²) < 4.78 is 5.63. The summed E-state index contributed by atoms with van der Waals surface area (Å²) in [6.45, 7) is 2.63. The second-order valence-electron chi connectivity index (χ2n) is 4.03. The molecule has 1 aromatic heterocycles. The number of hydrogen-bond donors (Lipinski definition) is 1. The molecule has 0 spiro atoms. The van der Waals surface area contributed by atoms with Gasteiger partial charge >= 0.3 is 0 Å². The van der Waals surface area contributed by atoms with E-state index in [0.717, 1.165) is 28.2 Å². The molecule has 0 fully saturated rings. The van der Waals surface area contributed by atoms with E-state index < -0.39 is 0 Å². The van der Waals surface area contributed by atoms with E-state index in [0.29, 0.717) is 6.61 Å². The molecule has 0 saturated carbocycles. The Labute approximate surface area is 105 Å². The zero-order valence-corrected chi connectivity index (χ0v) is 10.2. The van der Waals surface area contributed by atoms with Crippen LogP contribution in [0.3, 0.4) is 0 Å². The molecule has 3 heteroatoms. The first kappa shape index (κ1) is 10.8. The van der Waals surface area contributed by atoms with Gasteiger partial charge in [0.2, 0.25) is 0 Å². The molecule has 90 valence electrons. The summed E-state index contributed by atoms with van der Waals surface area (Å²) in [5, 5.41) is 0. The molecule has 3 aromatic rings. The first-order valence-electron chi connectivity index (χ1n) is 6.05. The smallest absolute Gasteiger partial charge is 0.142 e. The molecule has 3 rings (SSSR count). The van der Waals surface area contributed by atoms with Crippen molar-refractivity contribution in [3.63, 3.8) is 0 Å². The Morgan fingerprint density at radius 3 is 2.67 bits per heavy atom. The minimum absolute atomic E-state index is 0.650. The zero-order valence-electron chi connectivity index (χ0n) is 10.2. The summed E-state index contributed by atoms with van der Waals surface area (Å²) in [5.41, 5.74) is 3.01. The maximum Gasteiger partial charge on any atom is 0.142 e. The number of aromatic nitrogens is 2. The van der Waals surface area contributed by atoms with Crippen LogP contribution >= 0.6 is 0 Å². The molecule has 0 radical (unpaired) electrons. The molecule has 1 heterocycles. The maximum absolute atomic E-state index is 5.63. The number of nitrogens with one attached hydrogen (secondary N) is 1. The average molecular weight is 238 g/mol. The molecule has 0 saturated heterocycles. The fourth-order valence-corrected chi connectivity index (χ4v) is 2.02. The molecule has 3 nitrogen and oxygen atoms in total. The number of aromatic amines is 1. The highest BCUT2D eigenvalue weighted by Crippen LogP contribution is 2.29. The Kier molecular flexibility index (Phi) is 2.73. The normalized spacial score (nSPS) is 10.7. The Hall–Kier alpha value is -2.29. The van der Waals surface area contributed by atoms with Crippen LogP contribution in [-0.4, -0.2) is 16.6 Å². The van der Waals surface area contributed by atoms with Crippen LogP contribution in [-0.2, 0) is 0 Å². The SMILES string of the molecule is CCOc1ccccc1-c1nc2ccccc2[nH]1. The van der Waals surface area contributed by atoms with Crippen molar-refractivity contribution in [2.24, 2.45) is 0 Å². The lowest BCUT2D eigenvalue weighted by molar-refractivity contribution is 0.341. The number of rotatable bonds is 3. The lowest BCUT2D eigenvalue weighted by Gasteiger charge is -2.07. The molecule has 1 N–H and O–H groups in total. The van der Waals surface area contributed by atoms with E-state index in [2.05, 4.69) is 9.97 Å². The van der Waals surface area contributed by atoms with Gasteiger partial charge in [-0.3, -0.25) is 0 Å². The van der Waals surface area contributed by atoms with Crippen molar-refractivity contribution in [1.82, 2.24) is 9.97 Å². The average Bonchev–Trinajstić information content (AvgIpc) is 2.83. The van der Waals surface area contributed by atoms with Gasteiger partial charge in [-0.05, 0) is 31.2 Å². The van der Waals surface area contributed by atoms with Gasteiger partial charge in [0.15, 0.2) is 0 Å². The van der Waals surface area contributed by atoms with E-state index in [9.17, 15) is 0 Å². The third kappa shape index (κ3) is 1.84. The van der Waals surface area contributed by atoms with Crippen LogP contribution in [0.1, 0.15) is 6.92 Å². The third-order valence-electron chi connectivity index (χ3n) is 2.83. The zero-order chi connectivity index (χ0) is 12.4. The Balaban J connectivity index is 2.13. The molecule has 0 atom stereocenters. The summed E-state index contributed by atoms with van der Waals surface area (Å²) in [6, 6.07) is 15.9. The number of H-pyrrole nitrogens is 1. The summed E-state index contributed by atoms with van der Waals surface area (Å²) >= 11 is 0. The monoisotopic (exact) mass is 238 g/mol. The van der Waals surface area contributed by atoms with Crippen LogP contribution in [0, 0.1) is 0 Å². The topological polar surface area (TPSA) is 37.9 Å². The number of para-hydroxylation sites is 3. The Bertz CT molecular complexity index is 640. The maximum atomic E-state index is 5.63. The van der Waals surface area contributed by atoms with E-state index in [1.165, 1.54) is 0 Å². The van der Waals surface area contributed by atoms with E-state index in [1.807, 2.05) is 55.5 Å². The second-order valence-corrected chi connectivity index (χ2v) is 4.03. The van der Waals surface area contributed by atoms with Crippen molar-refractivity contribution in [3.05, 3.63) is 48.5 Å². The highest BCUT2D eigenvalue weighted by Gasteiger charge is 2.09. The van der Waals surface area contributed by atoms with Gasteiger partial charge in [0.25, 0.3) is 0 Å². The molecule has 18 heavy (non-hydrogen) atoms. The predicted molar refractivity (Wildman–Crippen MR) is 72.7 cm³/mol. The van der Waals surface area contributed by atoms with Crippen molar-refractivity contribution >= 4 is 11.0 Å². The summed E-state index contributed by atoms with van der Waals surface area (Å²) in [6.07, 6.45) is 0. The number of imidazole rings is 1. The summed E-state index contributed by atoms with van der Waals surface area (Å²) in [7, 11) is 0. The van der Waals surface area contributed by atoms with Gasteiger partial charge in [-0.15, -0.1) is 0 Å². The van der Waals surface area contributed by atoms with Crippen LogP contribution in [0.5, 0.6) is 5.75 Å². The molecule has 2 aromatic carbocycles. The molecule has 0 amide bonds. The minimum Gasteiger partial charge on any atom is -0.493 e. The van der Waals surface area contributed by atoms with E-state index in [4.69, 9.17) is 4.74 Å². The number of nitrogens with zero attached hydrogens (tertiary/aromatic N) is 1. The van der Waals surface area contributed by atoms with Gasteiger partial charge in [0, 0.05) is 0 Å². The fourth-order valence-electron chi connectivity index (χ4n) is 2.02. The minimum atomic E-state index is 0.650. The number of benzene rings is 2. The Morgan fingerprint density at radius 1 is 1.06 bits per heavy atom. The van der Waals surface area contributed by atoms with Crippen LogP contribution in [0.25, 0.3) is 22.4 Å². The van der Waals surface area contributed by atoms with E-state index >= 15 is 0 Å². The van der Waals surface area contributed by atoms with E-state index in [-0.39, 0.29) is 0 Å². The summed E-state index contributed by atoms with van der Waals surface area (Å²) in [5.74, 6) is 1.71. The molecular weight excluding hydrogens is 224 g/mol. The molecular formula is C15H14N2O. The first-order chi connectivity index (χ1) is 8.88. The van der Waals surface area contributed by atoms with Crippen LogP contribution < -0.4 is 4.74 Å². The van der Waals surface area contributed by atoms with Gasteiger partial charge < -0.3 is 9.72 Å². The number of ether oxygens (including phenoxy) is 1. The standard InChI is InChI=1S/C15H14N2O/c1-2-18-14-10-6-3-7-11(14)15-16-12-8-4-5-9-13(12)17-15/h3-10H,2H2,1H3,(H,16,17). The van der Waals surface area contributed by atoms with Gasteiger partial charge in [-0.1, -0.05) is 24.3 Å². The van der Waals surface area contributed by atoms with Crippen LogP contribution in [0.2, 0.25) is 0 Å². The molecule has 0 bridgehead atoms. The first-order valence-corrected chi connectivity index (χ1v) is 6.05. The molecule has 0 unspecified atom stereocenters. The number of hydrogen-bond acceptors (Lipinski definition) is 2. The van der Waals surface area contributed by atoms with Crippen molar-refractivity contribution in [1.29, 1.82) is 0 Å². The van der Waals surface area contributed by atoms with Gasteiger partial charge in [-0.25, -0.2) is 4.98 Å². The van der Waals surface area contributed by atoms with Gasteiger partial charge in [0.1, 0.15) is 11.6 Å². The van der Waals surface area contributed by atoms with Crippen molar-refractivity contribution in [2.45, 2.75) is 6.92 Å². The molecule has 0 aliphatic rings. The highest BCUT2D eigenvalue weighted by atomic mass is 16.5. The van der Waals surface area contributed by atoms with Crippen LogP contribution in [0.15, 0.2) is 48.5 Å². The predicted octanol–water partition coefficient (Wildman–Crippen LogP) is 3.63. The molecule has 0 aliphatic heterocycles. The van der Waals surface area contributed by atoms with Crippen molar-refractivity contribution < 1.29 is 4.74 Å². The Morgan fingerprint density at radius 2 is 1.83 bits per heavy atom. The third-order valence-corrected chi connectivity index (χ3v) is 2.83. The van der Waals surface area contributed by atoms with Gasteiger partial charge in [-0.2, -0.15) is 0 Å². The fraction of sp³-hybridized carbons (Fsp3) is 0.133. The number of fused-ring (bicyclic) bond motifs is 1.